The summed E-state index contributed by atoms with van der Waals surface area (Å²) < 4.78 is 0. The highest BCUT2D eigenvalue weighted by Crippen LogP contribution is 2.12. The zero-order valence-corrected chi connectivity index (χ0v) is 10.1. The number of carbonyl (C=O) groups excluding carboxylic acids is 1. The number of amides is 1. The number of hydrogen-bond donors (Lipinski definition) is 1. The Kier molecular flexibility index (Phi) is 3.62. The Hall–Kier alpha value is -2.01. The molecule has 0 saturated heterocycles. The predicted octanol–water partition coefficient (Wildman–Crippen LogP) is 2.22. The van der Waals surface area contributed by atoms with Crippen molar-refractivity contribution in [3.05, 3.63) is 52.0 Å². The van der Waals surface area contributed by atoms with Gasteiger partial charge in [0.25, 0.3) is 5.91 Å². The number of thiophene rings is 1. The fourth-order valence-electron chi connectivity index (χ4n) is 1.25. The molecule has 0 atom stereocenters. The molecule has 1 N–H and O–H groups in total. The summed E-state index contributed by atoms with van der Waals surface area (Å²) in [6, 6.07) is 5.36. The molecule has 17 heavy (non-hydrogen) atoms. The Morgan fingerprint density at radius 3 is 3.06 bits per heavy atom. The fourth-order valence-corrected chi connectivity index (χ4v) is 1.93. The van der Waals surface area contributed by atoms with Gasteiger partial charge < -0.3 is 0 Å². The van der Waals surface area contributed by atoms with Crippen molar-refractivity contribution in [2.75, 3.05) is 0 Å². The van der Waals surface area contributed by atoms with Gasteiger partial charge in [-0.15, -0.1) is 11.3 Å². The summed E-state index contributed by atoms with van der Waals surface area (Å²) >= 11 is 1.65. The van der Waals surface area contributed by atoms with Crippen molar-refractivity contribution in [3.63, 3.8) is 0 Å². The van der Waals surface area contributed by atoms with Crippen LogP contribution in [0.4, 0.5) is 0 Å². The molecule has 5 heteroatoms. The van der Waals surface area contributed by atoms with E-state index in [1.54, 1.807) is 35.9 Å². The standard InChI is InChI=1S/C12H11N3OS/c1-9-10(4-6-17-9)8-14-15-12(16)11-3-2-5-13-7-11/h2-8H,1H3,(H,15,16). The minimum atomic E-state index is -0.262. The van der Waals surface area contributed by atoms with Crippen LogP contribution < -0.4 is 5.43 Å². The van der Waals surface area contributed by atoms with Crippen LogP contribution in [0.25, 0.3) is 0 Å². The third-order valence-electron chi connectivity index (χ3n) is 2.19. The van der Waals surface area contributed by atoms with Crippen LogP contribution >= 0.6 is 11.3 Å². The third-order valence-corrected chi connectivity index (χ3v) is 3.05. The van der Waals surface area contributed by atoms with E-state index in [0.29, 0.717) is 5.56 Å². The number of nitrogens with one attached hydrogen (secondary N) is 1. The largest absolute Gasteiger partial charge is 0.272 e. The first kappa shape index (κ1) is 11.5. The molecule has 0 fully saturated rings. The van der Waals surface area contributed by atoms with Gasteiger partial charge >= 0.3 is 0 Å². The highest BCUT2D eigenvalue weighted by Gasteiger charge is 2.02. The number of aryl methyl sites for hydroxylation is 1. The van der Waals surface area contributed by atoms with Crippen LogP contribution in [0.2, 0.25) is 0 Å². The van der Waals surface area contributed by atoms with E-state index in [0.717, 1.165) is 5.56 Å². The Labute approximate surface area is 103 Å². The van der Waals surface area contributed by atoms with Gasteiger partial charge in [0.1, 0.15) is 0 Å². The van der Waals surface area contributed by atoms with E-state index in [2.05, 4.69) is 15.5 Å². The molecule has 0 unspecified atom stereocenters. The van der Waals surface area contributed by atoms with Crippen LogP contribution in [0.15, 0.2) is 41.1 Å². The van der Waals surface area contributed by atoms with Gasteiger partial charge in [0.05, 0.1) is 11.8 Å². The summed E-state index contributed by atoms with van der Waals surface area (Å²) in [5.41, 5.74) is 3.97. The molecule has 2 heterocycles. The number of rotatable bonds is 3. The second-order valence-corrected chi connectivity index (χ2v) is 4.49. The third kappa shape index (κ3) is 2.98. The van der Waals surface area contributed by atoms with Crippen LogP contribution in [0.3, 0.4) is 0 Å². The Bertz CT molecular complexity index is 534. The quantitative estimate of drug-likeness (QED) is 0.666. The van der Waals surface area contributed by atoms with E-state index in [1.807, 2.05) is 18.4 Å². The summed E-state index contributed by atoms with van der Waals surface area (Å²) in [7, 11) is 0. The minimum Gasteiger partial charge on any atom is -0.267 e. The number of hydrazone groups is 1. The van der Waals surface area contributed by atoms with Crippen LogP contribution in [0.5, 0.6) is 0 Å². The van der Waals surface area contributed by atoms with Gasteiger partial charge in [-0.25, -0.2) is 5.43 Å². The van der Waals surface area contributed by atoms with Crippen LogP contribution in [0.1, 0.15) is 20.8 Å². The minimum absolute atomic E-state index is 0.262. The SMILES string of the molecule is Cc1sccc1C=NNC(=O)c1cccnc1. The van der Waals surface area contributed by atoms with E-state index in [-0.39, 0.29) is 5.91 Å². The maximum atomic E-state index is 11.6. The van der Waals surface area contributed by atoms with Crippen molar-refractivity contribution in [2.45, 2.75) is 6.92 Å². The molecule has 4 nitrogen and oxygen atoms in total. The molecular weight excluding hydrogens is 234 g/mol. The Balaban J connectivity index is 1.97. The normalized spacial score (nSPS) is 10.6. The van der Waals surface area contributed by atoms with Gasteiger partial charge in [0.15, 0.2) is 0 Å². The van der Waals surface area contributed by atoms with Crippen LogP contribution in [-0.4, -0.2) is 17.1 Å². The molecule has 0 aliphatic rings. The topological polar surface area (TPSA) is 54.4 Å². The Morgan fingerprint density at radius 2 is 2.41 bits per heavy atom. The van der Waals surface area contributed by atoms with Crippen molar-refractivity contribution in [3.8, 4) is 0 Å². The zero-order valence-electron chi connectivity index (χ0n) is 9.25. The second kappa shape index (κ2) is 5.36. The Morgan fingerprint density at radius 1 is 1.53 bits per heavy atom. The van der Waals surface area contributed by atoms with Crippen molar-refractivity contribution in [1.29, 1.82) is 0 Å². The zero-order chi connectivity index (χ0) is 12.1. The molecular formula is C12H11N3OS. The number of carbonyl (C=O) groups is 1. The van der Waals surface area contributed by atoms with Crippen molar-refractivity contribution < 1.29 is 4.79 Å². The van der Waals surface area contributed by atoms with Gasteiger partial charge in [0.2, 0.25) is 0 Å². The van der Waals surface area contributed by atoms with Crippen molar-refractivity contribution in [1.82, 2.24) is 10.4 Å². The van der Waals surface area contributed by atoms with E-state index < -0.39 is 0 Å². The molecule has 0 spiro atoms. The predicted molar refractivity (Wildman–Crippen MR) is 68.4 cm³/mol. The monoisotopic (exact) mass is 245 g/mol. The second-order valence-electron chi connectivity index (χ2n) is 3.37. The molecule has 0 aromatic carbocycles. The summed E-state index contributed by atoms with van der Waals surface area (Å²) in [6.07, 6.45) is 4.76. The first-order valence-electron chi connectivity index (χ1n) is 5.05. The summed E-state index contributed by atoms with van der Waals surface area (Å²) in [4.78, 5) is 16.6. The van der Waals surface area contributed by atoms with Gasteiger partial charge in [-0.2, -0.15) is 5.10 Å². The molecule has 1 amide bonds. The molecule has 0 saturated carbocycles. The van der Waals surface area contributed by atoms with Gasteiger partial charge in [0, 0.05) is 22.8 Å². The molecule has 0 radical (unpaired) electrons. The number of nitrogens with zero attached hydrogens (tertiary/aromatic N) is 2. The first-order chi connectivity index (χ1) is 8.27. The van der Waals surface area contributed by atoms with Crippen molar-refractivity contribution in [2.24, 2.45) is 5.10 Å². The van der Waals surface area contributed by atoms with Crippen LogP contribution in [-0.2, 0) is 0 Å². The van der Waals surface area contributed by atoms with E-state index in [4.69, 9.17) is 0 Å². The molecule has 86 valence electrons. The highest BCUT2D eigenvalue weighted by molar-refractivity contribution is 7.10. The van der Waals surface area contributed by atoms with E-state index >= 15 is 0 Å². The van der Waals surface area contributed by atoms with Gasteiger partial charge in [-0.1, -0.05) is 0 Å². The lowest BCUT2D eigenvalue weighted by atomic mass is 10.3. The van der Waals surface area contributed by atoms with E-state index in [9.17, 15) is 4.79 Å². The van der Waals surface area contributed by atoms with Crippen LogP contribution in [0, 0.1) is 6.92 Å². The number of pyridine rings is 1. The number of hydrogen-bond acceptors (Lipinski definition) is 4. The van der Waals surface area contributed by atoms with Gasteiger partial charge in [-0.3, -0.25) is 9.78 Å². The summed E-state index contributed by atoms with van der Waals surface area (Å²) in [5, 5.41) is 5.89. The summed E-state index contributed by atoms with van der Waals surface area (Å²) in [6.45, 7) is 2.01. The van der Waals surface area contributed by atoms with E-state index in [1.165, 1.54) is 11.1 Å². The smallest absolute Gasteiger partial charge is 0.267 e. The lowest BCUT2D eigenvalue weighted by molar-refractivity contribution is 0.0955. The number of aromatic nitrogens is 1. The molecule has 0 aliphatic heterocycles. The average molecular weight is 245 g/mol. The molecule has 2 aromatic rings. The fraction of sp³-hybridized carbons (Fsp3) is 0.0833. The molecule has 2 aromatic heterocycles. The lowest BCUT2D eigenvalue weighted by Crippen LogP contribution is -2.17. The molecule has 2 rings (SSSR count). The first-order valence-corrected chi connectivity index (χ1v) is 5.93. The summed E-state index contributed by atoms with van der Waals surface area (Å²) in [5.74, 6) is -0.262. The average Bonchev–Trinajstić information content (AvgIpc) is 2.76. The molecule has 0 aliphatic carbocycles. The highest BCUT2D eigenvalue weighted by atomic mass is 32.1. The maximum Gasteiger partial charge on any atom is 0.272 e. The van der Waals surface area contributed by atoms with Gasteiger partial charge in [-0.05, 0) is 30.5 Å². The maximum absolute atomic E-state index is 11.6. The van der Waals surface area contributed by atoms with Crippen molar-refractivity contribution >= 4 is 23.5 Å². The lowest BCUT2D eigenvalue weighted by Gasteiger charge is -1.97. The molecule has 0 bridgehead atoms.